The van der Waals surface area contributed by atoms with Gasteiger partial charge >= 0.3 is 11.9 Å². The van der Waals surface area contributed by atoms with Crippen LogP contribution in [0.25, 0.3) is 6.08 Å². The maximum absolute atomic E-state index is 12.8. The number of fused-ring (bicyclic) bond motifs is 2. The number of aliphatic hydroxyl groups excluding tert-OH is 2. The van der Waals surface area contributed by atoms with Crippen molar-refractivity contribution < 1.29 is 33.7 Å². The van der Waals surface area contributed by atoms with Gasteiger partial charge in [-0.1, -0.05) is 57.2 Å². The third-order valence-electron chi connectivity index (χ3n) is 8.26. The summed E-state index contributed by atoms with van der Waals surface area (Å²) in [5, 5.41) is 22.0. The second-order valence-electron chi connectivity index (χ2n) is 12.0. The Morgan fingerprint density at radius 2 is 1.90 bits per heavy atom. The van der Waals surface area contributed by atoms with Crippen LogP contribution in [0.4, 0.5) is 0 Å². The van der Waals surface area contributed by atoms with Crippen molar-refractivity contribution in [2.45, 2.75) is 98.1 Å². The number of carbonyl (C=O) groups excluding carboxylic acids is 2. The summed E-state index contributed by atoms with van der Waals surface area (Å²) in [5.41, 5.74) is 2.46. The molecule has 1 aromatic rings. The standard InChI is InChI=1S/C34H47NO7/c1-21(17-28-20-40-26(6)35-28)9-7-10-24(4)34(39)25(5)30-16-14-22(2)29(36)15-13-23(3)31-18-27(19-33(38)42-31)11-8-12-32(37)41-30/h7-10,12-13,15,17,20,22-23,25,27,29-31,34,36,39H,11,14,16,18-19H2,1-6H3/b9-7+,12-8+,15-13+,21-17+,24-10+/t22-,23+,25-,27+,29+,30?,31+,34-/m0/s1. The Morgan fingerprint density at radius 1 is 1.14 bits per heavy atom. The largest absolute Gasteiger partial charge is 0.462 e. The summed E-state index contributed by atoms with van der Waals surface area (Å²) in [7, 11) is 0. The highest BCUT2D eigenvalue weighted by atomic mass is 16.5. The van der Waals surface area contributed by atoms with Gasteiger partial charge in [0, 0.05) is 31.3 Å². The van der Waals surface area contributed by atoms with E-state index in [2.05, 4.69) is 4.98 Å². The molecule has 42 heavy (non-hydrogen) atoms. The predicted molar refractivity (Wildman–Crippen MR) is 162 cm³/mol. The van der Waals surface area contributed by atoms with Gasteiger partial charge in [-0.25, -0.2) is 9.78 Å². The number of aromatic nitrogens is 1. The van der Waals surface area contributed by atoms with Gasteiger partial charge in [-0.2, -0.15) is 0 Å². The molecule has 8 heteroatoms. The van der Waals surface area contributed by atoms with Gasteiger partial charge < -0.3 is 24.1 Å². The molecule has 2 bridgehead atoms. The van der Waals surface area contributed by atoms with Crippen LogP contribution in [0.3, 0.4) is 0 Å². The lowest BCUT2D eigenvalue weighted by Gasteiger charge is -2.31. The van der Waals surface area contributed by atoms with Crippen molar-refractivity contribution in [1.82, 2.24) is 4.98 Å². The Labute approximate surface area is 249 Å². The van der Waals surface area contributed by atoms with Crippen LogP contribution in [0.2, 0.25) is 0 Å². The molecule has 1 saturated heterocycles. The minimum Gasteiger partial charge on any atom is -0.462 e. The first kappa shape index (κ1) is 33.3. The Balaban J connectivity index is 1.72. The van der Waals surface area contributed by atoms with Crippen LogP contribution >= 0.6 is 0 Å². The average molecular weight is 582 g/mol. The normalized spacial score (nSPS) is 31.7. The number of hydrogen-bond donors (Lipinski definition) is 2. The molecule has 0 saturated carbocycles. The Bertz CT molecular complexity index is 1210. The van der Waals surface area contributed by atoms with Crippen LogP contribution in [0, 0.1) is 30.6 Å². The fourth-order valence-electron chi connectivity index (χ4n) is 5.39. The van der Waals surface area contributed by atoms with E-state index >= 15 is 0 Å². The molecule has 0 aromatic carbocycles. The molecule has 1 fully saturated rings. The van der Waals surface area contributed by atoms with Gasteiger partial charge in [0.2, 0.25) is 0 Å². The molecule has 2 aliphatic rings. The fourth-order valence-corrected chi connectivity index (χ4v) is 5.39. The molecule has 1 unspecified atom stereocenters. The number of ether oxygens (including phenoxy) is 2. The smallest absolute Gasteiger partial charge is 0.330 e. The number of cyclic esters (lactones) is 1. The van der Waals surface area contributed by atoms with E-state index in [1.165, 1.54) is 6.08 Å². The van der Waals surface area contributed by atoms with Gasteiger partial charge in [0.25, 0.3) is 0 Å². The van der Waals surface area contributed by atoms with E-state index in [0.29, 0.717) is 38.0 Å². The first-order valence-corrected chi connectivity index (χ1v) is 15.0. The van der Waals surface area contributed by atoms with Crippen LogP contribution in [-0.4, -0.2) is 51.6 Å². The summed E-state index contributed by atoms with van der Waals surface area (Å²) in [6, 6.07) is 0. The number of carbonyl (C=O) groups is 2. The van der Waals surface area contributed by atoms with Crippen molar-refractivity contribution in [2.75, 3.05) is 0 Å². The third kappa shape index (κ3) is 10.2. The molecular formula is C34H47NO7. The van der Waals surface area contributed by atoms with Crippen LogP contribution in [-0.2, 0) is 19.1 Å². The lowest BCUT2D eigenvalue weighted by molar-refractivity contribution is -0.158. The first-order chi connectivity index (χ1) is 19.9. The predicted octanol–water partition coefficient (Wildman–Crippen LogP) is 6.05. The Kier molecular flexibility index (Phi) is 12.6. The molecular weight excluding hydrogens is 534 g/mol. The summed E-state index contributed by atoms with van der Waals surface area (Å²) >= 11 is 0. The minimum absolute atomic E-state index is 0.0297. The lowest BCUT2D eigenvalue weighted by Crippen LogP contribution is -2.35. The maximum Gasteiger partial charge on any atom is 0.330 e. The number of nitrogens with zero attached hydrogens (tertiary/aromatic N) is 1. The molecule has 1 aromatic heterocycles. The molecule has 0 spiro atoms. The molecule has 8 atom stereocenters. The van der Waals surface area contributed by atoms with Crippen LogP contribution < -0.4 is 0 Å². The highest BCUT2D eigenvalue weighted by Crippen LogP contribution is 2.30. The molecule has 0 radical (unpaired) electrons. The summed E-state index contributed by atoms with van der Waals surface area (Å²) in [6.07, 6.45) is 16.4. The Hall–Kier alpha value is -3.23. The summed E-state index contributed by atoms with van der Waals surface area (Å²) in [6.45, 7) is 11.4. The van der Waals surface area contributed by atoms with E-state index in [9.17, 15) is 19.8 Å². The summed E-state index contributed by atoms with van der Waals surface area (Å²) < 4.78 is 16.7. The number of aliphatic hydroxyl groups is 2. The zero-order chi connectivity index (χ0) is 30.8. The van der Waals surface area contributed by atoms with Gasteiger partial charge in [0.1, 0.15) is 24.2 Å². The number of hydrogen-bond acceptors (Lipinski definition) is 8. The molecule has 2 aliphatic heterocycles. The third-order valence-corrected chi connectivity index (χ3v) is 8.26. The fraction of sp³-hybridized carbons (Fsp3) is 0.559. The second kappa shape index (κ2) is 15.8. The van der Waals surface area contributed by atoms with Crippen molar-refractivity contribution in [3.05, 3.63) is 71.5 Å². The van der Waals surface area contributed by atoms with E-state index in [1.54, 1.807) is 25.3 Å². The molecule has 3 rings (SSSR count). The zero-order valence-corrected chi connectivity index (χ0v) is 25.7. The van der Waals surface area contributed by atoms with E-state index in [-0.39, 0.29) is 35.7 Å². The SMILES string of the molecule is CC(/C=C/C=C(\C)[C@H](O)[C@@H](C)C1CC[C@H](C)[C@H](O)/C=C/[C@@H](C)[C@H]2C[C@@H](C/C=C/C(=O)O1)CC(=O)O2)=C\c1coc(C)n1. The van der Waals surface area contributed by atoms with Crippen LogP contribution in [0.1, 0.15) is 78.3 Å². The van der Waals surface area contributed by atoms with E-state index in [1.807, 2.05) is 65.0 Å². The highest BCUT2D eigenvalue weighted by Gasteiger charge is 2.32. The van der Waals surface area contributed by atoms with Crippen molar-refractivity contribution in [3.8, 4) is 0 Å². The quantitative estimate of drug-likeness (QED) is 0.237. The number of allylic oxidation sites excluding steroid dienone is 5. The van der Waals surface area contributed by atoms with Gasteiger partial charge in [-0.15, -0.1) is 0 Å². The molecule has 0 amide bonds. The zero-order valence-electron chi connectivity index (χ0n) is 25.7. The summed E-state index contributed by atoms with van der Waals surface area (Å²) in [4.78, 5) is 29.3. The van der Waals surface area contributed by atoms with Crippen molar-refractivity contribution in [2.24, 2.45) is 23.7 Å². The van der Waals surface area contributed by atoms with Crippen molar-refractivity contribution in [1.29, 1.82) is 0 Å². The molecule has 230 valence electrons. The van der Waals surface area contributed by atoms with Gasteiger partial charge in [-0.3, -0.25) is 4.79 Å². The number of oxazole rings is 1. The average Bonchev–Trinajstić information content (AvgIpc) is 3.35. The topological polar surface area (TPSA) is 119 Å². The van der Waals surface area contributed by atoms with Gasteiger partial charge in [-0.05, 0) is 68.6 Å². The molecule has 2 N–H and O–H groups in total. The molecule has 8 nitrogen and oxygen atoms in total. The van der Waals surface area contributed by atoms with Crippen molar-refractivity contribution >= 4 is 18.0 Å². The van der Waals surface area contributed by atoms with E-state index < -0.39 is 24.3 Å². The highest BCUT2D eigenvalue weighted by molar-refractivity contribution is 5.82. The molecule has 0 aliphatic carbocycles. The number of rotatable bonds is 6. The van der Waals surface area contributed by atoms with Gasteiger partial charge in [0.15, 0.2) is 5.89 Å². The number of esters is 2. The van der Waals surface area contributed by atoms with Crippen LogP contribution in [0.5, 0.6) is 0 Å². The Morgan fingerprint density at radius 3 is 2.62 bits per heavy atom. The molecule has 3 heterocycles. The van der Waals surface area contributed by atoms with E-state index in [4.69, 9.17) is 13.9 Å². The van der Waals surface area contributed by atoms with Crippen molar-refractivity contribution in [3.63, 3.8) is 0 Å². The lowest BCUT2D eigenvalue weighted by atomic mass is 9.85. The van der Waals surface area contributed by atoms with E-state index in [0.717, 1.165) is 16.8 Å². The number of aryl methyl sites for hydroxylation is 1. The van der Waals surface area contributed by atoms with Gasteiger partial charge in [0.05, 0.1) is 12.2 Å². The minimum atomic E-state index is -0.837. The maximum atomic E-state index is 12.8. The second-order valence-corrected chi connectivity index (χ2v) is 12.0. The first-order valence-electron chi connectivity index (χ1n) is 15.0. The summed E-state index contributed by atoms with van der Waals surface area (Å²) in [5.74, 6) is -0.550. The van der Waals surface area contributed by atoms with Crippen LogP contribution in [0.15, 0.2) is 64.4 Å². The monoisotopic (exact) mass is 581 g/mol.